The van der Waals surface area contributed by atoms with Gasteiger partial charge in [-0.15, -0.1) is 0 Å². The number of nitrogens with two attached hydrogens (primary N) is 1. The van der Waals surface area contributed by atoms with Crippen molar-refractivity contribution >= 4 is 11.8 Å². The number of nitrogens with zero attached hydrogens (tertiary/aromatic N) is 1. The van der Waals surface area contributed by atoms with Gasteiger partial charge in [-0.05, 0) is 55.8 Å². The quantitative estimate of drug-likeness (QED) is 0.762. The Morgan fingerprint density at radius 1 is 1.15 bits per heavy atom. The topological polar surface area (TPSA) is 59.6 Å². The number of piperidine rings is 1. The zero-order valence-electron chi connectivity index (χ0n) is 15.0. The minimum absolute atomic E-state index is 0.0926. The molecule has 1 aliphatic heterocycles. The van der Waals surface area contributed by atoms with Crippen LogP contribution < -0.4 is 15.8 Å². The van der Waals surface area contributed by atoms with E-state index in [2.05, 4.69) is 10.3 Å². The molecule has 0 spiro atoms. The fourth-order valence-electron chi connectivity index (χ4n) is 2.95. The molecule has 0 radical (unpaired) electrons. The lowest BCUT2D eigenvalue weighted by Gasteiger charge is -2.18. The van der Waals surface area contributed by atoms with E-state index in [0.29, 0.717) is 11.8 Å². The first kappa shape index (κ1) is 19.0. The summed E-state index contributed by atoms with van der Waals surface area (Å²) in [5.74, 6) is -0.740. The number of allylic oxidation sites excluding steroid dienone is 1. The van der Waals surface area contributed by atoms with Crippen LogP contribution in [0.4, 0.5) is 8.78 Å². The van der Waals surface area contributed by atoms with Gasteiger partial charge < -0.3 is 15.8 Å². The van der Waals surface area contributed by atoms with Gasteiger partial charge in [0.05, 0.1) is 11.6 Å². The summed E-state index contributed by atoms with van der Waals surface area (Å²) in [5.41, 5.74) is 7.29. The van der Waals surface area contributed by atoms with Crippen molar-refractivity contribution in [1.29, 1.82) is 0 Å². The second-order valence-electron chi connectivity index (χ2n) is 6.40. The number of benzene rings is 2. The summed E-state index contributed by atoms with van der Waals surface area (Å²) in [5, 5.41) is 3.31. The molecule has 27 heavy (non-hydrogen) atoms. The summed E-state index contributed by atoms with van der Waals surface area (Å²) in [7, 11) is 0. The zero-order chi connectivity index (χ0) is 19.1. The first-order valence-corrected chi connectivity index (χ1v) is 8.99. The second kappa shape index (κ2) is 9.28. The van der Waals surface area contributed by atoms with E-state index in [4.69, 9.17) is 10.5 Å². The van der Waals surface area contributed by atoms with Crippen molar-refractivity contribution < 1.29 is 13.5 Å². The SMILES string of the molecule is NC=C(C=NC1CCNCC1)c1cccc(OCc2c(F)cccc2F)c1. The molecular formula is C21H23F2N3O. The molecule has 1 saturated heterocycles. The standard InChI is InChI=1S/C21H23F2N3O/c22-20-5-2-6-21(23)19(20)14-27-18-4-1-3-15(11-18)16(12-24)13-26-17-7-9-25-10-8-17/h1-6,11-13,17,25H,7-10,14,24H2. The number of nitrogens with one attached hydrogen (secondary N) is 1. The number of hydrogen-bond acceptors (Lipinski definition) is 4. The van der Waals surface area contributed by atoms with Gasteiger partial charge in [-0.2, -0.15) is 0 Å². The van der Waals surface area contributed by atoms with E-state index in [-0.39, 0.29) is 12.2 Å². The number of ether oxygens (including phenoxy) is 1. The van der Waals surface area contributed by atoms with Crippen LogP contribution in [0.1, 0.15) is 24.0 Å². The highest BCUT2D eigenvalue weighted by atomic mass is 19.1. The van der Waals surface area contributed by atoms with Crippen molar-refractivity contribution in [3.63, 3.8) is 0 Å². The average molecular weight is 371 g/mol. The predicted octanol–water partition coefficient (Wildman–Crippen LogP) is 3.67. The van der Waals surface area contributed by atoms with Gasteiger partial charge in [-0.1, -0.05) is 18.2 Å². The highest BCUT2D eigenvalue weighted by Crippen LogP contribution is 2.22. The minimum atomic E-state index is -0.622. The molecule has 142 valence electrons. The van der Waals surface area contributed by atoms with Gasteiger partial charge >= 0.3 is 0 Å². The fourth-order valence-corrected chi connectivity index (χ4v) is 2.95. The Labute approximate surface area is 157 Å². The maximum atomic E-state index is 13.7. The number of halogens is 2. The second-order valence-corrected chi connectivity index (χ2v) is 6.40. The maximum Gasteiger partial charge on any atom is 0.132 e. The highest BCUT2D eigenvalue weighted by Gasteiger charge is 2.12. The van der Waals surface area contributed by atoms with Crippen molar-refractivity contribution in [2.24, 2.45) is 10.7 Å². The normalized spacial score (nSPS) is 16.0. The summed E-state index contributed by atoms with van der Waals surface area (Å²) in [6, 6.07) is 11.3. The third kappa shape index (κ3) is 5.14. The van der Waals surface area contributed by atoms with Crippen molar-refractivity contribution in [2.45, 2.75) is 25.5 Å². The maximum absolute atomic E-state index is 13.7. The lowest BCUT2D eigenvalue weighted by atomic mass is 10.1. The van der Waals surface area contributed by atoms with Gasteiger partial charge in [0.15, 0.2) is 0 Å². The summed E-state index contributed by atoms with van der Waals surface area (Å²) in [4.78, 5) is 4.62. The predicted molar refractivity (Wildman–Crippen MR) is 104 cm³/mol. The van der Waals surface area contributed by atoms with Crippen LogP contribution in [-0.4, -0.2) is 25.3 Å². The highest BCUT2D eigenvalue weighted by molar-refractivity contribution is 6.09. The van der Waals surface area contributed by atoms with Crippen LogP contribution in [0.2, 0.25) is 0 Å². The summed E-state index contributed by atoms with van der Waals surface area (Å²) < 4.78 is 33.0. The van der Waals surface area contributed by atoms with E-state index in [0.717, 1.165) is 37.1 Å². The molecule has 0 bridgehead atoms. The lowest BCUT2D eigenvalue weighted by molar-refractivity contribution is 0.292. The largest absolute Gasteiger partial charge is 0.489 e. The van der Waals surface area contributed by atoms with Gasteiger partial charge in [0.25, 0.3) is 0 Å². The molecule has 0 aromatic heterocycles. The molecule has 2 aromatic rings. The molecule has 4 nitrogen and oxygen atoms in total. The van der Waals surface area contributed by atoms with Crippen molar-refractivity contribution in [3.05, 3.63) is 71.4 Å². The van der Waals surface area contributed by atoms with E-state index >= 15 is 0 Å². The third-order valence-electron chi connectivity index (χ3n) is 4.52. The van der Waals surface area contributed by atoms with Gasteiger partial charge in [0.2, 0.25) is 0 Å². The Bertz CT molecular complexity index is 810. The van der Waals surface area contributed by atoms with Gasteiger partial charge in [-0.25, -0.2) is 8.78 Å². The molecule has 3 N–H and O–H groups in total. The molecule has 0 amide bonds. The van der Waals surface area contributed by atoms with Crippen molar-refractivity contribution in [1.82, 2.24) is 5.32 Å². The molecule has 1 fully saturated rings. The van der Waals surface area contributed by atoms with Crippen LogP contribution in [-0.2, 0) is 6.61 Å². The van der Waals surface area contributed by atoms with E-state index < -0.39 is 11.6 Å². The molecule has 2 aromatic carbocycles. The first-order valence-electron chi connectivity index (χ1n) is 8.99. The molecule has 0 atom stereocenters. The lowest BCUT2D eigenvalue weighted by Crippen LogP contribution is -2.29. The monoisotopic (exact) mass is 371 g/mol. The molecule has 6 heteroatoms. The minimum Gasteiger partial charge on any atom is -0.489 e. The molecule has 1 aliphatic rings. The van der Waals surface area contributed by atoms with E-state index in [1.165, 1.54) is 24.4 Å². The van der Waals surface area contributed by atoms with Gasteiger partial charge in [0, 0.05) is 18.0 Å². The first-order chi connectivity index (χ1) is 13.2. The molecular weight excluding hydrogens is 348 g/mol. The van der Waals surface area contributed by atoms with Crippen LogP contribution in [0, 0.1) is 11.6 Å². The Morgan fingerprint density at radius 3 is 2.56 bits per heavy atom. The van der Waals surface area contributed by atoms with Crippen LogP contribution in [0.15, 0.2) is 53.7 Å². The molecule has 1 heterocycles. The van der Waals surface area contributed by atoms with Crippen molar-refractivity contribution in [2.75, 3.05) is 13.1 Å². The molecule has 0 aliphatic carbocycles. The van der Waals surface area contributed by atoms with Gasteiger partial charge in [-0.3, -0.25) is 4.99 Å². The van der Waals surface area contributed by atoms with Crippen LogP contribution in [0.5, 0.6) is 5.75 Å². The number of rotatable bonds is 6. The molecule has 3 rings (SSSR count). The van der Waals surface area contributed by atoms with Gasteiger partial charge in [0.1, 0.15) is 24.0 Å². The molecule has 0 saturated carbocycles. The Kier molecular flexibility index (Phi) is 6.54. The average Bonchev–Trinajstić information content (AvgIpc) is 2.69. The summed E-state index contributed by atoms with van der Waals surface area (Å²) in [6.07, 6.45) is 5.29. The Morgan fingerprint density at radius 2 is 1.85 bits per heavy atom. The summed E-state index contributed by atoms with van der Waals surface area (Å²) in [6.45, 7) is 1.76. The van der Waals surface area contributed by atoms with Crippen molar-refractivity contribution in [3.8, 4) is 5.75 Å². The van der Waals surface area contributed by atoms with E-state index in [1.54, 1.807) is 18.3 Å². The number of hydrogen-bond donors (Lipinski definition) is 2. The Hall–Kier alpha value is -2.73. The third-order valence-corrected chi connectivity index (χ3v) is 4.52. The zero-order valence-corrected chi connectivity index (χ0v) is 15.0. The van der Waals surface area contributed by atoms with Crippen LogP contribution in [0.25, 0.3) is 5.57 Å². The molecule has 0 unspecified atom stereocenters. The summed E-state index contributed by atoms with van der Waals surface area (Å²) >= 11 is 0. The van der Waals surface area contributed by atoms with E-state index in [9.17, 15) is 8.78 Å². The smallest absolute Gasteiger partial charge is 0.132 e. The van der Waals surface area contributed by atoms with Crippen LogP contribution in [0.3, 0.4) is 0 Å². The fraction of sp³-hybridized carbons (Fsp3) is 0.286. The Balaban J connectivity index is 1.69. The van der Waals surface area contributed by atoms with E-state index in [1.807, 2.05) is 12.1 Å². The number of aliphatic imine (C=N–C) groups is 1. The van der Waals surface area contributed by atoms with Crippen LogP contribution >= 0.6 is 0 Å².